The van der Waals surface area contributed by atoms with E-state index in [4.69, 9.17) is 27.9 Å². The lowest BCUT2D eigenvalue weighted by molar-refractivity contribution is -0.119. The third-order valence-corrected chi connectivity index (χ3v) is 6.51. The van der Waals surface area contributed by atoms with Gasteiger partial charge in [0.15, 0.2) is 5.78 Å². The first-order valence-corrected chi connectivity index (χ1v) is 11.4. The predicted octanol–water partition coefficient (Wildman–Crippen LogP) is 6.56. The Bertz CT molecular complexity index is 1140. The quantitative estimate of drug-likeness (QED) is 0.549. The maximum absolute atomic E-state index is 13.6. The Hall–Kier alpha value is -2.50. The van der Waals surface area contributed by atoms with Crippen LogP contribution >= 0.6 is 23.2 Å². The van der Waals surface area contributed by atoms with Crippen LogP contribution in [0.3, 0.4) is 0 Å². The van der Waals surface area contributed by atoms with E-state index in [0.717, 1.165) is 11.4 Å². The fraction of sp³-hybridized carbons (Fsp3) is 0.360. The molecule has 0 spiro atoms. The molecular formula is C25H26Cl2N2O3. The van der Waals surface area contributed by atoms with Gasteiger partial charge in [-0.1, -0.05) is 56.1 Å². The van der Waals surface area contributed by atoms with Gasteiger partial charge in [-0.05, 0) is 36.1 Å². The van der Waals surface area contributed by atoms with Crippen LogP contribution < -0.4 is 15.0 Å². The first-order valence-electron chi connectivity index (χ1n) is 10.6. The summed E-state index contributed by atoms with van der Waals surface area (Å²) in [5, 5.41) is 4.22. The number of Topliss-reactive ketones (excluding diaryl/α,β-unsaturated/α-hetero) is 1. The lowest BCUT2D eigenvalue weighted by atomic mass is 9.73. The molecule has 1 atom stereocenters. The number of hydrogen-bond donors (Lipinski definition) is 1. The van der Waals surface area contributed by atoms with Crippen LogP contribution in [-0.2, 0) is 9.59 Å². The molecule has 32 heavy (non-hydrogen) atoms. The highest BCUT2D eigenvalue weighted by molar-refractivity contribution is 6.35. The Labute approximate surface area is 198 Å². The largest absolute Gasteiger partial charge is 0.495 e. The number of carbonyl (C=O) groups excluding carboxylic acids is 2. The number of amides is 1. The summed E-state index contributed by atoms with van der Waals surface area (Å²) in [7, 11) is 1.52. The molecule has 1 heterocycles. The molecule has 2 aromatic rings. The minimum absolute atomic E-state index is 0.00592. The van der Waals surface area contributed by atoms with Crippen LogP contribution in [0.1, 0.15) is 51.6 Å². The molecule has 0 saturated heterocycles. The average molecular weight is 473 g/mol. The molecule has 1 aliphatic heterocycles. The number of benzene rings is 2. The average Bonchev–Trinajstić information content (AvgIpc) is 2.86. The van der Waals surface area contributed by atoms with E-state index in [1.807, 2.05) is 31.2 Å². The summed E-state index contributed by atoms with van der Waals surface area (Å²) in [4.78, 5) is 28.7. The Morgan fingerprint density at radius 3 is 2.62 bits per heavy atom. The Morgan fingerprint density at radius 1 is 1.22 bits per heavy atom. The molecule has 2 aliphatic rings. The molecule has 2 aromatic carbocycles. The van der Waals surface area contributed by atoms with Gasteiger partial charge in [0.25, 0.3) is 0 Å². The molecular weight excluding hydrogens is 447 g/mol. The van der Waals surface area contributed by atoms with E-state index in [1.165, 1.54) is 7.11 Å². The number of allylic oxidation sites excluding steroid dienone is 1. The van der Waals surface area contributed by atoms with Crippen molar-refractivity contribution >= 4 is 46.3 Å². The first kappa shape index (κ1) is 22.7. The molecule has 4 rings (SSSR count). The number of ether oxygens (including phenoxy) is 1. The Kier molecular flexibility index (Phi) is 5.99. The molecule has 168 valence electrons. The number of ketones is 1. The first-order chi connectivity index (χ1) is 15.2. The number of anilines is 2. The standard InChI is InChI=1S/C25H26Cl2N2O3/c1-5-21(31)29-19-9-7-6-8-17(19)28-18-12-25(2,3)13-20(30)22(18)23(29)15-10-14(26)11-16(27)24(15)32-4/h6-11,23,28H,5,12-13H2,1-4H3. The minimum atomic E-state index is -0.719. The van der Waals surface area contributed by atoms with Crippen molar-refractivity contribution in [1.29, 1.82) is 0 Å². The van der Waals surface area contributed by atoms with Gasteiger partial charge in [-0.25, -0.2) is 0 Å². The number of methoxy groups -OCH3 is 1. The molecule has 0 saturated carbocycles. The molecule has 5 nitrogen and oxygen atoms in total. The lowest BCUT2D eigenvalue weighted by Crippen LogP contribution is -2.39. The van der Waals surface area contributed by atoms with Gasteiger partial charge >= 0.3 is 0 Å². The van der Waals surface area contributed by atoms with Crippen LogP contribution in [0.15, 0.2) is 47.7 Å². The van der Waals surface area contributed by atoms with E-state index in [-0.39, 0.29) is 23.5 Å². The minimum Gasteiger partial charge on any atom is -0.495 e. The molecule has 1 N–H and O–H groups in total. The molecule has 7 heteroatoms. The van der Waals surface area contributed by atoms with E-state index in [2.05, 4.69) is 19.2 Å². The number of fused-ring (bicyclic) bond motifs is 1. The van der Waals surface area contributed by atoms with Gasteiger partial charge in [-0.3, -0.25) is 14.5 Å². The molecule has 1 amide bonds. The van der Waals surface area contributed by atoms with Crippen LogP contribution in [0.2, 0.25) is 10.0 Å². The van der Waals surface area contributed by atoms with Gasteiger partial charge in [-0.15, -0.1) is 0 Å². The van der Waals surface area contributed by atoms with Crippen molar-refractivity contribution < 1.29 is 14.3 Å². The number of nitrogens with zero attached hydrogens (tertiary/aromatic N) is 1. The fourth-order valence-electron chi connectivity index (χ4n) is 4.73. The number of para-hydroxylation sites is 2. The smallest absolute Gasteiger partial charge is 0.227 e. The van der Waals surface area contributed by atoms with Crippen LogP contribution in [0, 0.1) is 5.41 Å². The van der Waals surface area contributed by atoms with Crippen molar-refractivity contribution in [2.45, 2.75) is 46.1 Å². The van der Waals surface area contributed by atoms with Crippen molar-refractivity contribution in [3.63, 3.8) is 0 Å². The zero-order chi connectivity index (χ0) is 23.2. The Morgan fingerprint density at radius 2 is 1.94 bits per heavy atom. The highest BCUT2D eigenvalue weighted by Crippen LogP contribution is 2.51. The fourth-order valence-corrected chi connectivity index (χ4v) is 5.31. The second kappa shape index (κ2) is 8.45. The summed E-state index contributed by atoms with van der Waals surface area (Å²) in [6.07, 6.45) is 1.32. The third-order valence-electron chi connectivity index (χ3n) is 6.01. The number of nitrogens with one attached hydrogen (secondary N) is 1. The van der Waals surface area contributed by atoms with Crippen LogP contribution in [0.5, 0.6) is 5.75 Å². The SMILES string of the molecule is CCC(=O)N1c2ccccc2NC2=C(C(=O)CC(C)(C)C2)C1c1cc(Cl)cc(Cl)c1OC. The van der Waals surface area contributed by atoms with Gasteiger partial charge in [0, 0.05) is 34.7 Å². The van der Waals surface area contributed by atoms with E-state index in [0.29, 0.717) is 45.5 Å². The predicted molar refractivity (Wildman–Crippen MR) is 129 cm³/mol. The van der Waals surface area contributed by atoms with E-state index >= 15 is 0 Å². The van der Waals surface area contributed by atoms with Crippen LogP contribution in [-0.4, -0.2) is 18.8 Å². The Balaban J connectivity index is 2.09. The van der Waals surface area contributed by atoms with Gasteiger partial charge in [-0.2, -0.15) is 0 Å². The monoisotopic (exact) mass is 472 g/mol. The molecule has 0 radical (unpaired) electrons. The highest BCUT2D eigenvalue weighted by atomic mass is 35.5. The second-order valence-electron chi connectivity index (χ2n) is 9.01. The van der Waals surface area contributed by atoms with E-state index in [9.17, 15) is 9.59 Å². The second-order valence-corrected chi connectivity index (χ2v) is 9.85. The van der Waals surface area contributed by atoms with E-state index in [1.54, 1.807) is 17.0 Å². The van der Waals surface area contributed by atoms with E-state index < -0.39 is 6.04 Å². The molecule has 1 unspecified atom stereocenters. The maximum atomic E-state index is 13.6. The normalized spacial score (nSPS) is 19.6. The van der Waals surface area contributed by atoms with Gasteiger partial charge in [0.2, 0.25) is 5.91 Å². The van der Waals surface area contributed by atoms with Gasteiger partial charge in [0.1, 0.15) is 5.75 Å². The van der Waals surface area contributed by atoms with Crippen LogP contribution in [0.25, 0.3) is 0 Å². The van der Waals surface area contributed by atoms with Gasteiger partial charge < -0.3 is 10.1 Å². The summed E-state index contributed by atoms with van der Waals surface area (Å²) < 4.78 is 5.65. The third kappa shape index (κ3) is 3.89. The van der Waals surface area contributed by atoms with Crippen molar-refractivity contribution in [3.05, 3.63) is 63.3 Å². The maximum Gasteiger partial charge on any atom is 0.227 e. The number of hydrogen-bond acceptors (Lipinski definition) is 4. The zero-order valence-electron chi connectivity index (χ0n) is 18.6. The van der Waals surface area contributed by atoms with Crippen molar-refractivity contribution in [2.75, 3.05) is 17.3 Å². The summed E-state index contributed by atoms with van der Waals surface area (Å²) >= 11 is 12.9. The van der Waals surface area contributed by atoms with Gasteiger partial charge in [0.05, 0.1) is 29.5 Å². The summed E-state index contributed by atoms with van der Waals surface area (Å²) in [6.45, 7) is 5.96. The molecule has 0 aromatic heterocycles. The molecule has 0 bridgehead atoms. The number of carbonyl (C=O) groups is 2. The summed E-state index contributed by atoms with van der Waals surface area (Å²) in [5.41, 5.74) is 3.23. The topological polar surface area (TPSA) is 58.6 Å². The molecule has 1 aliphatic carbocycles. The van der Waals surface area contributed by atoms with Crippen molar-refractivity contribution in [2.24, 2.45) is 5.41 Å². The highest BCUT2D eigenvalue weighted by Gasteiger charge is 2.44. The van der Waals surface area contributed by atoms with Crippen molar-refractivity contribution in [1.82, 2.24) is 0 Å². The van der Waals surface area contributed by atoms with Crippen molar-refractivity contribution in [3.8, 4) is 5.75 Å². The zero-order valence-corrected chi connectivity index (χ0v) is 20.1. The molecule has 0 fully saturated rings. The lowest BCUT2D eigenvalue weighted by Gasteiger charge is -2.37. The number of rotatable bonds is 3. The summed E-state index contributed by atoms with van der Waals surface area (Å²) in [6, 6.07) is 10.2. The number of halogens is 2. The summed E-state index contributed by atoms with van der Waals surface area (Å²) in [5.74, 6) is 0.279. The van der Waals surface area contributed by atoms with Crippen LogP contribution in [0.4, 0.5) is 11.4 Å².